The van der Waals surface area contributed by atoms with Crippen LogP contribution < -0.4 is 0 Å². The third-order valence-electron chi connectivity index (χ3n) is 7.35. The quantitative estimate of drug-likeness (QED) is 0.114. The van der Waals surface area contributed by atoms with Crippen molar-refractivity contribution in [2.45, 2.75) is 57.6 Å². The number of Topliss-reactive ketones (excluding diaryl/α,β-unsaturated/α-hetero) is 1. The van der Waals surface area contributed by atoms with Crippen molar-refractivity contribution in [2.75, 3.05) is 0 Å². The highest BCUT2D eigenvalue weighted by atomic mass is 19.2. The number of aromatic nitrogens is 1. The normalized spacial score (nSPS) is 13.8. The number of hydrogen-bond donors (Lipinski definition) is 0. The summed E-state index contributed by atoms with van der Waals surface area (Å²) < 4.78 is 29.3. The van der Waals surface area contributed by atoms with Gasteiger partial charge in [-0.15, -0.1) is 0 Å². The Labute approximate surface area is 227 Å². The summed E-state index contributed by atoms with van der Waals surface area (Å²) in [5.41, 5.74) is 5.29. The van der Waals surface area contributed by atoms with Crippen LogP contribution in [0.25, 0.3) is 0 Å². The van der Waals surface area contributed by atoms with Crippen LogP contribution in [0.2, 0.25) is 0 Å². The second kappa shape index (κ2) is 12.7. The van der Waals surface area contributed by atoms with Crippen LogP contribution in [0.3, 0.4) is 0 Å². The average molecular weight is 527 g/mol. The number of carbonyl (C=O) groups excluding carboxylic acids is 1. The number of ketones is 1. The number of oxime groups is 1. The number of halogens is 2. The fourth-order valence-corrected chi connectivity index (χ4v) is 5.36. The van der Waals surface area contributed by atoms with Crippen molar-refractivity contribution < 1.29 is 18.4 Å². The van der Waals surface area contributed by atoms with Gasteiger partial charge in [-0.2, -0.15) is 0 Å². The maximum Gasteiger partial charge on any atom is 0.165 e. The van der Waals surface area contributed by atoms with Crippen LogP contribution in [-0.2, 0) is 24.4 Å². The molecule has 1 aromatic heterocycles. The Morgan fingerprint density at radius 2 is 1.56 bits per heavy atom. The van der Waals surface area contributed by atoms with Gasteiger partial charge in [-0.05, 0) is 60.1 Å². The molecule has 1 aliphatic carbocycles. The van der Waals surface area contributed by atoms with Gasteiger partial charge in [-0.25, -0.2) is 8.78 Å². The molecule has 5 rings (SSSR count). The largest absolute Gasteiger partial charge is 0.391 e. The summed E-state index contributed by atoms with van der Waals surface area (Å²) in [7, 11) is 0. The first-order valence-electron chi connectivity index (χ1n) is 13.5. The lowest BCUT2D eigenvalue weighted by Crippen LogP contribution is -2.13. The predicted molar refractivity (Wildman–Crippen MR) is 149 cm³/mol. The number of benzene rings is 3. The topological polar surface area (TPSA) is 43.6 Å². The molecular weight excluding hydrogens is 494 g/mol. The van der Waals surface area contributed by atoms with E-state index in [0.717, 1.165) is 54.3 Å². The summed E-state index contributed by atoms with van der Waals surface area (Å²) in [4.78, 5) is 19.2. The maximum absolute atomic E-state index is 13.7. The van der Waals surface area contributed by atoms with Crippen molar-refractivity contribution in [1.82, 2.24) is 4.57 Å². The van der Waals surface area contributed by atoms with Crippen molar-refractivity contribution in [3.05, 3.63) is 130 Å². The Bertz CT molecular complexity index is 1430. The molecule has 39 heavy (non-hydrogen) atoms. The van der Waals surface area contributed by atoms with Gasteiger partial charge in [0.15, 0.2) is 17.4 Å². The zero-order valence-corrected chi connectivity index (χ0v) is 21.9. The predicted octanol–water partition coefficient (Wildman–Crippen LogP) is 7.84. The van der Waals surface area contributed by atoms with Gasteiger partial charge in [0.25, 0.3) is 0 Å². The Morgan fingerprint density at radius 1 is 0.872 bits per heavy atom. The molecular formula is C33H32F2N2O2. The summed E-state index contributed by atoms with van der Waals surface area (Å²) >= 11 is 0. The van der Waals surface area contributed by atoms with Crippen molar-refractivity contribution in [3.8, 4) is 0 Å². The van der Waals surface area contributed by atoms with E-state index in [1.807, 2.05) is 54.6 Å². The van der Waals surface area contributed by atoms with E-state index in [1.165, 1.54) is 12.1 Å². The van der Waals surface area contributed by atoms with E-state index in [0.29, 0.717) is 30.7 Å². The zero-order valence-electron chi connectivity index (χ0n) is 21.9. The molecule has 4 nitrogen and oxygen atoms in total. The molecule has 0 bridgehead atoms. The molecule has 0 atom stereocenters. The van der Waals surface area contributed by atoms with Crippen LogP contribution in [0.4, 0.5) is 8.78 Å². The van der Waals surface area contributed by atoms with Gasteiger partial charge < -0.3 is 9.40 Å². The van der Waals surface area contributed by atoms with Crippen molar-refractivity contribution in [1.29, 1.82) is 0 Å². The molecule has 3 aromatic carbocycles. The van der Waals surface area contributed by atoms with Gasteiger partial charge in [-0.3, -0.25) is 4.79 Å². The fourth-order valence-electron chi connectivity index (χ4n) is 5.36. The van der Waals surface area contributed by atoms with Gasteiger partial charge in [-0.1, -0.05) is 84.7 Å². The minimum absolute atomic E-state index is 0.00620. The number of hydrogen-bond acceptors (Lipinski definition) is 3. The van der Waals surface area contributed by atoms with E-state index in [2.05, 4.69) is 21.9 Å². The summed E-state index contributed by atoms with van der Waals surface area (Å²) in [6.07, 6.45) is 6.57. The summed E-state index contributed by atoms with van der Waals surface area (Å²) in [5, 5.41) is 4.26. The lowest BCUT2D eigenvalue weighted by molar-refractivity contribution is 0.0981. The van der Waals surface area contributed by atoms with Gasteiger partial charge in [0.1, 0.15) is 6.61 Å². The smallest absolute Gasteiger partial charge is 0.165 e. The first-order chi connectivity index (χ1) is 19.1. The van der Waals surface area contributed by atoms with E-state index < -0.39 is 11.6 Å². The third-order valence-corrected chi connectivity index (χ3v) is 7.35. The van der Waals surface area contributed by atoms with Crippen LogP contribution >= 0.6 is 0 Å². The van der Waals surface area contributed by atoms with Crippen molar-refractivity contribution in [2.24, 2.45) is 5.16 Å². The monoisotopic (exact) mass is 526 g/mol. The second-order valence-electron chi connectivity index (χ2n) is 10.1. The number of rotatable bonds is 11. The molecule has 0 unspecified atom stereocenters. The standard InChI is InChI=1S/C33H32F2N2O2/c34-30-17-15-24(19-31(30)35)16-18-32(38)29-20-28(21-36-39-23-26-11-5-2-6-12-26)37(22-25-9-3-1-4-10-25)33(29)27-13-7-8-14-27/h1-6,9-12,15,17,19-21,27H,7-8,13-14,16,18,22-23H2/b36-21-. The lowest BCUT2D eigenvalue weighted by Gasteiger charge is -2.18. The Morgan fingerprint density at radius 3 is 2.26 bits per heavy atom. The first-order valence-corrected chi connectivity index (χ1v) is 13.5. The molecule has 200 valence electrons. The Hall–Kier alpha value is -4.06. The van der Waals surface area contributed by atoms with Crippen LogP contribution in [0, 0.1) is 11.6 Å². The second-order valence-corrected chi connectivity index (χ2v) is 10.1. The maximum atomic E-state index is 13.7. The number of carbonyl (C=O) groups is 1. The zero-order chi connectivity index (χ0) is 27.0. The first kappa shape index (κ1) is 26.5. The molecule has 6 heteroatoms. The molecule has 1 fully saturated rings. The molecule has 1 aliphatic rings. The van der Waals surface area contributed by atoms with E-state index in [-0.39, 0.29) is 18.1 Å². The van der Waals surface area contributed by atoms with Gasteiger partial charge >= 0.3 is 0 Å². The SMILES string of the molecule is O=C(CCc1ccc(F)c(F)c1)c1cc(/C=N\OCc2ccccc2)n(Cc2ccccc2)c1C1CCCC1. The van der Waals surface area contributed by atoms with E-state index >= 15 is 0 Å². The minimum atomic E-state index is -0.894. The summed E-state index contributed by atoms with van der Waals surface area (Å²) in [5.74, 6) is -1.50. The molecule has 0 radical (unpaired) electrons. The van der Waals surface area contributed by atoms with Crippen LogP contribution in [0.15, 0.2) is 90.1 Å². The molecule has 0 saturated heterocycles. The van der Waals surface area contributed by atoms with Crippen molar-refractivity contribution >= 4 is 12.0 Å². The van der Waals surface area contributed by atoms with Gasteiger partial charge in [0, 0.05) is 24.2 Å². The third kappa shape index (κ3) is 6.69. The van der Waals surface area contributed by atoms with E-state index in [9.17, 15) is 13.6 Å². The van der Waals surface area contributed by atoms with E-state index in [4.69, 9.17) is 4.84 Å². The van der Waals surface area contributed by atoms with Crippen LogP contribution in [-0.4, -0.2) is 16.6 Å². The molecule has 0 spiro atoms. The van der Waals surface area contributed by atoms with Gasteiger partial charge in [0.2, 0.25) is 0 Å². The molecule has 0 aliphatic heterocycles. The Kier molecular flexibility index (Phi) is 8.61. The highest BCUT2D eigenvalue weighted by molar-refractivity contribution is 5.99. The van der Waals surface area contributed by atoms with E-state index in [1.54, 1.807) is 6.21 Å². The highest BCUT2D eigenvalue weighted by Gasteiger charge is 2.28. The van der Waals surface area contributed by atoms with Gasteiger partial charge in [0.05, 0.1) is 11.9 Å². The van der Waals surface area contributed by atoms with Crippen LogP contribution in [0.1, 0.15) is 76.5 Å². The molecule has 1 saturated carbocycles. The fraction of sp³-hybridized carbons (Fsp3) is 0.273. The highest BCUT2D eigenvalue weighted by Crippen LogP contribution is 2.38. The average Bonchev–Trinajstić information content (AvgIpc) is 3.61. The number of aryl methyl sites for hydroxylation is 1. The molecule has 1 heterocycles. The molecule has 4 aromatic rings. The minimum Gasteiger partial charge on any atom is -0.391 e. The Balaban J connectivity index is 1.44. The molecule has 0 N–H and O–H groups in total. The van der Waals surface area contributed by atoms with Crippen LogP contribution in [0.5, 0.6) is 0 Å². The lowest BCUT2D eigenvalue weighted by atomic mass is 9.95. The molecule has 0 amide bonds. The summed E-state index contributed by atoms with van der Waals surface area (Å²) in [6, 6.07) is 25.7. The van der Waals surface area contributed by atoms with Crippen molar-refractivity contribution in [3.63, 3.8) is 0 Å². The number of nitrogens with zero attached hydrogens (tertiary/aromatic N) is 2. The summed E-state index contributed by atoms with van der Waals surface area (Å²) in [6.45, 7) is 0.968.